The summed E-state index contributed by atoms with van der Waals surface area (Å²) in [7, 11) is 1.83. The maximum Gasteiger partial charge on any atom is 0.268 e. The number of phenols is 1. The minimum absolute atomic E-state index is 0.174. The lowest BCUT2D eigenvalue weighted by Gasteiger charge is -2.07. The Hall–Kier alpha value is -3.31. The molecule has 0 aliphatic carbocycles. The lowest BCUT2D eigenvalue weighted by Crippen LogP contribution is -2.24. The molecule has 6 heteroatoms. The fourth-order valence-electron chi connectivity index (χ4n) is 3.30. The van der Waals surface area contributed by atoms with Crippen LogP contribution >= 0.6 is 11.6 Å². The van der Waals surface area contributed by atoms with Crippen LogP contribution in [0.1, 0.15) is 16.1 Å². The number of aryl methyl sites for hydroxylation is 1. The van der Waals surface area contributed by atoms with Crippen LogP contribution in [-0.4, -0.2) is 20.6 Å². The minimum atomic E-state index is -0.193. The van der Waals surface area contributed by atoms with E-state index in [1.165, 1.54) is 0 Å². The number of carbonyl (C=O) groups is 1. The Labute approximate surface area is 167 Å². The van der Waals surface area contributed by atoms with Crippen LogP contribution in [0.5, 0.6) is 5.75 Å². The number of benzene rings is 2. The monoisotopic (exact) mass is 391 g/mol. The number of para-hydroxylation sites is 1. The number of carbonyl (C=O) groups excluding carboxylic acids is 1. The van der Waals surface area contributed by atoms with Crippen LogP contribution in [0, 0.1) is 0 Å². The number of aromatic nitrogens is 2. The lowest BCUT2D eigenvalue weighted by molar-refractivity contribution is 0.0943. The molecule has 0 unspecified atom stereocenters. The number of phenolic OH excluding ortho intramolecular Hbond substituents is 1. The molecule has 0 aliphatic heterocycles. The zero-order chi connectivity index (χ0) is 19.7. The Kier molecular flexibility index (Phi) is 4.75. The molecule has 0 aliphatic rings. The number of hydrogen-bond acceptors (Lipinski definition) is 3. The van der Waals surface area contributed by atoms with Gasteiger partial charge in [0.05, 0.1) is 11.7 Å². The van der Waals surface area contributed by atoms with Crippen molar-refractivity contribution in [3.05, 3.63) is 83.3 Å². The van der Waals surface area contributed by atoms with Crippen LogP contribution in [-0.2, 0) is 13.6 Å². The summed E-state index contributed by atoms with van der Waals surface area (Å²) in [4.78, 5) is 17.1. The van der Waals surface area contributed by atoms with Crippen LogP contribution in [0.2, 0.25) is 5.02 Å². The van der Waals surface area contributed by atoms with Gasteiger partial charge < -0.3 is 15.0 Å². The maximum atomic E-state index is 12.8. The van der Waals surface area contributed by atoms with Gasteiger partial charge in [0.1, 0.15) is 11.4 Å². The van der Waals surface area contributed by atoms with Crippen LogP contribution in [0.3, 0.4) is 0 Å². The van der Waals surface area contributed by atoms with E-state index in [1.54, 1.807) is 35.2 Å². The number of amides is 1. The number of pyridine rings is 1. The molecule has 0 radical (unpaired) electrons. The van der Waals surface area contributed by atoms with Crippen LogP contribution in [0.4, 0.5) is 0 Å². The van der Waals surface area contributed by atoms with E-state index in [9.17, 15) is 9.90 Å². The number of fused-ring (bicyclic) bond motifs is 1. The Morgan fingerprint density at radius 1 is 1.11 bits per heavy atom. The number of rotatable bonds is 4. The fraction of sp³-hybridized carbons (Fsp3) is 0.0909. The zero-order valence-electron chi connectivity index (χ0n) is 15.2. The fourth-order valence-corrected chi connectivity index (χ4v) is 3.51. The van der Waals surface area contributed by atoms with Crippen molar-refractivity contribution in [2.24, 2.45) is 7.05 Å². The molecule has 2 heterocycles. The molecule has 0 saturated heterocycles. The van der Waals surface area contributed by atoms with E-state index in [2.05, 4.69) is 10.3 Å². The third-order valence-corrected chi connectivity index (χ3v) is 4.97. The number of aromatic hydroxyl groups is 1. The third-order valence-electron chi connectivity index (χ3n) is 4.74. The third kappa shape index (κ3) is 3.32. The summed E-state index contributed by atoms with van der Waals surface area (Å²) in [6.45, 7) is 0.380. The van der Waals surface area contributed by atoms with E-state index in [0.717, 1.165) is 22.0 Å². The highest BCUT2D eigenvalue weighted by Gasteiger charge is 2.17. The van der Waals surface area contributed by atoms with Crippen LogP contribution in [0.25, 0.3) is 22.0 Å². The van der Waals surface area contributed by atoms with Crippen LogP contribution in [0.15, 0.2) is 67.0 Å². The summed E-state index contributed by atoms with van der Waals surface area (Å²) in [5, 5.41) is 14.6. The van der Waals surface area contributed by atoms with E-state index in [0.29, 0.717) is 22.8 Å². The number of halogens is 1. The first kappa shape index (κ1) is 18.1. The van der Waals surface area contributed by atoms with Gasteiger partial charge in [-0.2, -0.15) is 0 Å². The lowest BCUT2D eigenvalue weighted by atomic mass is 10.0. The molecule has 4 rings (SSSR count). The van der Waals surface area contributed by atoms with E-state index in [4.69, 9.17) is 11.6 Å². The van der Waals surface area contributed by atoms with E-state index >= 15 is 0 Å². The molecule has 1 amide bonds. The van der Waals surface area contributed by atoms with Crippen molar-refractivity contribution in [1.82, 2.24) is 14.9 Å². The average Bonchev–Trinajstić information content (AvgIpc) is 3.04. The second-order valence-electron chi connectivity index (χ2n) is 6.54. The molecule has 5 nitrogen and oxygen atoms in total. The van der Waals surface area contributed by atoms with Gasteiger partial charge in [-0.3, -0.25) is 9.78 Å². The standard InChI is InChI=1S/C22H18ClN3O2/c1-26-19(22(28)25-11-14-5-4-6-15(23)9-14)10-17-18(12-24-13-20(17)26)16-7-2-3-8-21(16)27/h2-10,12-13,27H,11H2,1H3,(H,25,28). The van der Waals surface area contributed by atoms with Crippen molar-refractivity contribution in [3.63, 3.8) is 0 Å². The highest BCUT2D eigenvalue weighted by Crippen LogP contribution is 2.34. The van der Waals surface area contributed by atoms with Crippen molar-refractivity contribution in [2.75, 3.05) is 0 Å². The summed E-state index contributed by atoms with van der Waals surface area (Å²) in [5.41, 5.74) is 3.71. The van der Waals surface area contributed by atoms with Crippen molar-refractivity contribution in [1.29, 1.82) is 0 Å². The Morgan fingerprint density at radius 3 is 2.71 bits per heavy atom. The summed E-state index contributed by atoms with van der Waals surface area (Å²) in [5.74, 6) is -0.0190. The molecule has 4 aromatic rings. The van der Waals surface area contributed by atoms with Crippen molar-refractivity contribution >= 4 is 28.4 Å². The molecular formula is C22H18ClN3O2. The minimum Gasteiger partial charge on any atom is -0.507 e. The zero-order valence-corrected chi connectivity index (χ0v) is 15.9. The van der Waals surface area contributed by atoms with Crippen LogP contribution < -0.4 is 5.32 Å². The quantitative estimate of drug-likeness (QED) is 0.537. The normalized spacial score (nSPS) is 10.9. The number of hydrogen-bond donors (Lipinski definition) is 2. The molecule has 28 heavy (non-hydrogen) atoms. The van der Waals surface area contributed by atoms with Gasteiger partial charge in [0.25, 0.3) is 5.91 Å². The largest absolute Gasteiger partial charge is 0.507 e. The smallest absolute Gasteiger partial charge is 0.268 e. The van der Waals surface area contributed by atoms with Gasteiger partial charge in [0.2, 0.25) is 0 Å². The van der Waals surface area contributed by atoms with Crippen molar-refractivity contribution < 1.29 is 9.90 Å². The van der Waals surface area contributed by atoms with Gasteiger partial charge in [0, 0.05) is 41.3 Å². The first-order valence-corrected chi connectivity index (χ1v) is 9.17. The van der Waals surface area contributed by atoms with Gasteiger partial charge >= 0.3 is 0 Å². The Bertz CT molecular complexity index is 1180. The highest BCUT2D eigenvalue weighted by molar-refractivity contribution is 6.30. The topological polar surface area (TPSA) is 67.2 Å². The summed E-state index contributed by atoms with van der Waals surface area (Å²) in [6, 6.07) is 16.3. The van der Waals surface area contributed by atoms with Gasteiger partial charge in [0.15, 0.2) is 0 Å². The van der Waals surface area contributed by atoms with Gasteiger partial charge in [-0.25, -0.2) is 0 Å². The van der Waals surface area contributed by atoms with Crippen molar-refractivity contribution in [2.45, 2.75) is 6.54 Å². The van der Waals surface area contributed by atoms with Gasteiger partial charge in [-0.05, 0) is 29.8 Å². The van der Waals surface area contributed by atoms with E-state index in [-0.39, 0.29) is 11.7 Å². The second kappa shape index (κ2) is 7.37. The molecule has 2 aromatic carbocycles. The van der Waals surface area contributed by atoms with Gasteiger partial charge in [-0.15, -0.1) is 0 Å². The Morgan fingerprint density at radius 2 is 1.93 bits per heavy atom. The summed E-state index contributed by atoms with van der Waals surface area (Å²) >= 11 is 6.00. The summed E-state index contributed by atoms with van der Waals surface area (Å²) < 4.78 is 1.80. The highest BCUT2D eigenvalue weighted by atomic mass is 35.5. The molecule has 2 aromatic heterocycles. The molecule has 0 atom stereocenters. The van der Waals surface area contributed by atoms with Gasteiger partial charge in [-0.1, -0.05) is 41.9 Å². The molecular weight excluding hydrogens is 374 g/mol. The molecule has 0 saturated carbocycles. The average molecular weight is 392 g/mol. The first-order chi connectivity index (χ1) is 13.5. The predicted molar refractivity (Wildman–Crippen MR) is 110 cm³/mol. The van der Waals surface area contributed by atoms with E-state index in [1.807, 2.05) is 43.4 Å². The Balaban J connectivity index is 1.69. The second-order valence-corrected chi connectivity index (χ2v) is 6.97. The number of nitrogens with zero attached hydrogens (tertiary/aromatic N) is 2. The molecule has 0 fully saturated rings. The molecule has 0 spiro atoms. The number of nitrogens with one attached hydrogen (secondary N) is 1. The van der Waals surface area contributed by atoms with E-state index < -0.39 is 0 Å². The summed E-state index contributed by atoms with van der Waals surface area (Å²) in [6.07, 6.45) is 3.41. The molecule has 2 N–H and O–H groups in total. The SMILES string of the molecule is Cn1c(C(=O)NCc2cccc(Cl)c2)cc2c(-c3ccccc3O)cncc21. The van der Waals surface area contributed by atoms with Crippen molar-refractivity contribution in [3.8, 4) is 16.9 Å². The molecule has 0 bridgehead atoms. The molecule has 140 valence electrons. The predicted octanol–water partition coefficient (Wildman–Crippen LogP) is 4.53. The maximum absolute atomic E-state index is 12.8. The first-order valence-electron chi connectivity index (χ1n) is 8.79.